The molecule has 2 aliphatic heterocycles. The van der Waals surface area contributed by atoms with E-state index in [0.29, 0.717) is 0 Å². The van der Waals surface area contributed by atoms with E-state index < -0.39 is 0 Å². The molecule has 5 nitrogen and oxygen atoms in total. The number of aryl methyl sites for hydroxylation is 2. The van der Waals surface area contributed by atoms with Gasteiger partial charge in [0.05, 0.1) is 11.0 Å². The maximum Gasteiger partial charge on any atom is 0.228 e. The van der Waals surface area contributed by atoms with Crippen molar-refractivity contribution in [1.82, 2.24) is 14.9 Å². The van der Waals surface area contributed by atoms with Crippen molar-refractivity contribution >= 4 is 47.4 Å². The van der Waals surface area contributed by atoms with Crippen molar-refractivity contribution in [2.24, 2.45) is 11.3 Å². The van der Waals surface area contributed by atoms with Gasteiger partial charge < -0.3 is 15.2 Å². The van der Waals surface area contributed by atoms with E-state index in [1.54, 1.807) is 0 Å². The summed E-state index contributed by atoms with van der Waals surface area (Å²) in [5, 5.41) is 6.55. The number of rotatable bonds is 2. The van der Waals surface area contributed by atoms with E-state index >= 15 is 0 Å². The molecular weight excluding hydrogens is 383 g/mol. The number of anilines is 1. The Morgan fingerprint density at radius 1 is 1.19 bits per heavy atom. The normalized spacial score (nSPS) is 22.9. The number of carbonyl (C=O) groups excluding carboxylic acids is 1. The van der Waals surface area contributed by atoms with Crippen LogP contribution >= 0.6 is 24.8 Å². The molecule has 1 spiro atoms. The fourth-order valence-corrected chi connectivity index (χ4v) is 4.85. The Balaban J connectivity index is 0.00000105. The maximum atomic E-state index is 12.7. The van der Waals surface area contributed by atoms with Gasteiger partial charge in [-0.25, -0.2) is 4.98 Å². The van der Waals surface area contributed by atoms with Crippen molar-refractivity contribution in [2.45, 2.75) is 51.5 Å². The average molecular weight is 411 g/mol. The summed E-state index contributed by atoms with van der Waals surface area (Å²) in [5.74, 6) is 1.60. The third-order valence-electron chi connectivity index (χ3n) is 6.48. The van der Waals surface area contributed by atoms with Crippen molar-refractivity contribution in [3.05, 3.63) is 24.0 Å². The highest BCUT2D eigenvalue weighted by atomic mass is 35.5. The molecule has 0 radical (unpaired) electrons. The van der Waals surface area contributed by atoms with Crippen molar-refractivity contribution in [3.63, 3.8) is 0 Å². The van der Waals surface area contributed by atoms with Crippen molar-refractivity contribution in [1.29, 1.82) is 0 Å². The van der Waals surface area contributed by atoms with Crippen molar-refractivity contribution < 1.29 is 4.79 Å². The molecule has 148 valence electrons. The van der Waals surface area contributed by atoms with Gasteiger partial charge in [0.25, 0.3) is 0 Å². The van der Waals surface area contributed by atoms with Gasteiger partial charge >= 0.3 is 0 Å². The number of fused-ring (bicyclic) bond motifs is 3. The second-order valence-electron chi connectivity index (χ2n) is 8.05. The Kier molecular flexibility index (Phi) is 6.04. The van der Waals surface area contributed by atoms with Gasteiger partial charge in [0.2, 0.25) is 5.91 Å². The average Bonchev–Trinajstić information content (AvgIpc) is 3.28. The highest BCUT2D eigenvalue weighted by Gasteiger charge is 2.57. The molecule has 1 aromatic carbocycles. The molecule has 2 N–H and O–H groups in total. The summed E-state index contributed by atoms with van der Waals surface area (Å²) < 4.78 is 2.36. The first-order valence-corrected chi connectivity index (χ1v) is 9.76. The van der Waals surface area contributed by atoms with Gasteiger partial charge in [-0.3, -0.25) is 4.79 Å². The lowest BCUT2D eigenvalue weighted by atomic mass is 9.92. The zero-order valence-electron chi connectivity index (χ0n) is 15.5. The highest BCUT2D eigenvalue weighted by molar-refractivity contribution is 5.96. The Bertz CT molecular complexity index is 829. The minimum atomic E-state index is 0. The first-order chi connectivity index (χ1) is 12.3. The van der Waals surface area contributed by atoms with E-state index in [4.69, 9.17) is 4.98 Å². The van der Waals surface area contributed by atoms with Crippen LogP contribution in [-0.2, 0) is 17.8 Å². The molecule has 1 aliphatic carbocycles. The van der Waals surface area contributed by atoms with Gasteiger partial charge in [-0.2, -0.15) is 0 Å². The van der Waals surface area contributed by atoms with Crippen molar-refractivity contribution in [2.75, 3.05) is 18.4 Å². The Labute approximate surface area is 172 Å². The molecule has 2 aromatic rings. The van der Waals surface area contributed by atoms with Gasteiger partial charge in [-0.05, 0) is 68.8 Å². The Hall–Kier alpha value is -1.30. The first kappa shape index (κ1) is 20.4. The fraction of sp³-hybridized carbons (Fsp3) is 0.600. The molecule has 1 aromatic heterocycles. The minimum Gasteiger partial charge on any atom is -0.328 e. The lowest BCUT2D eigenvalue weighted by Gasteiger charge is -2.23. The van der Waals surface area contributed by atoms with E-state index in [0.717, 1.165) is 56.5 Å². The van der Waals surface area contributed by atoms with Crippen LogP contribution in [0.1, 0.15) is 44.3 Å². The number of benzene rings is 1. The molecule has 1 saturated carbocycles. The number of piperidine rings is 1. The number of nitrogens with zero attached hydrogens (tertiary/aromatic N) is 2. The van der Waals surface area contributed by atoms with E-state index in [1.807, 2.05) is 12.1 Å². The van der Waals surface area contributed by atoms with Gasteiger partial charge in [-0.15, -0.1) is 24.8 Å². The van der Waals surface area contributed by atoms with Crippen LogP contribution < -0.4 is 10.6 Å². The predicted molar refractivity (Wildman–Crippen MR) is 113 cm³/mol. The number of carbonyl (C=O) groups is 1. The molecule has 1 amide bonds. The molecule has 3 heterocycles. The van der Waals surface area contributed by atoms with E-state index in [1.165, 1.54) is 30.6 Å². The van der Waals surface area contributed by atoms with Crippen LogP contribution in [-0.4, -0.2) is 28.5 Å². The maximum absolute atomic E-state index is 12.7. The van der Waals surface area contributed by atoms with Crippen LogP contribution in [0.5, 0.6) is 0 Å². The number of hydrogen-bond donors (Lipinski definition) is 2. The summed E-state index contributed by atoms with van der Waals surface area (Å²) in [4.78, 5) is 17.5. The van der Waals surface area contributed by atoms with Gasteiger partial charge in [0, 0.05) is 24.6 Å². The zero-order chi connectivity index (χ0) is 16.9. The molecule has 1 unspecified atom stereocenters. The number of halogens is 2. The van der Waals surface area contributed by atoms with E-state index in [-0.39, 0.29) is 42.1 Å². The summed E-state index contributed by atoms with van der Waals surface area (Å²) in [6, 6.07) is 6.21. The lowest BCUT2D eigenvalue weighted by molar-refractivity contribution is -0.118. The molecule has 7 heteroatoms. The SMILES string of the molecule is Cl.Cl.O=C(Nc1ccc2c(c1)nc1n2CCCCC1)C1CC12CCNCC2. The summed E-state index contributed by atoms with van der Waals surface area (Å²) >= 11 is 0. The zero-order valence-corrected chi connectivity index (χ0v) is 17.1. The number of amides is 1. The van der Waals surface area contributed by atoms with Crippen LogP contribution in [0, 0.1) is 11.3 Å². The van der Waals surface area contributed by atoms with Crippen LogP contribution in [0.2, 0.25) is 0 Å². The number of hydrogen-bond acceptors (Lipinski definition) is 3. The third kappa shape index (κ3) is 3.69. The van der Waals surface area contributed by atoms with Crippen LogP contribution in [0.15, 0.2) is 18.2 Å². The quantitative estimate of drug-likeness (QED) is 0.787. The summed E-state index contributed by atoms with van der Waals surface area (Å²) in [6.45, 7) is 3.17. The first-order valence-electron chi connectivity index (χ1n) is 9.76. The minimum absolute atomic E-state index is 0. The van der Waals surface area contributed by atoms with Gasteiger partial charge in [-0.1, -0.05) is 6.42 Å². The summed E-state index contributed by atoms with van der Waals surface area (Å²) in [6.07, 6.45) is 8.14. The molecule has 1 atom stereocenters. The van der Waals surface area contributed by atoms with Crippen molar-refractivity contribution in [3.8, 4) is 0 Å². The number of imidazole rings is 1. The fourth-order valence-electron chi connectivity index (χ4n) is 4.85. The van der Waals surface area contributed by atoms with Crippen LogP contribution in [0.4, 0.5) is 5.69 Å². The summed E-state index contributed by atoms with van der Waals surface area (Å²) in [7, 11) is 0. The number of aromatic nitrogens is 2. The molecule has 27 heavy (non-hydrogen) atoms. The molecular formula is C20H28Cl2N4O. The molecule has 3 aliphatic rings. The van der Waals surface area contributed by atoms with Crippen LogP contribution in [0.25, 0.3) is 11.0 Å². The smallest absolute Gasteiger partial charge is 0.228 e. The predicted octanol–water partition coefficient (Wildman–Crippen LogP) is 3.93. The highest BCUT2D eigenvalue weighted by Crippen LogP contribution is 2.58. The van der Waals surface area contributed by atoms with Gasteiger partial charge in [0.1, 0.15) is 5.82 Å². The Morgan fingerprint density at radius 3 is 2.81 bits per heavy atom. The second-order valence-corrected chi connectivity index (χ2v) is 8.05. The molecule has 1 saturated heterocycles. The largest absolute Gasteiger partial charge is 0.328 e. The topological polar surface area (TPSA) is 59.0 Å². The monoisotopic (exact) mass is 410 g/mol. The standard InChI is InChI=1S/C20H26N4O.2ClH/c25-19(15-13-20(15)7-9-21-10-8-20)22-14-5-6-17-16(12-14)23-18-4-2-1-3-11-24(17)18;;/h5-6,12,15,21H,1-4,7-11,13H2,(H,22,25);2*1H. The molecule has 5 rings (SSSR count). The molecule has 2 fully saturated rings. The van der Waals surface area contributed by atoms with E-state index in [9.17, 15) is 4.79 Å². The third-order valence-corrected chi connectivity index (χ3v) is 6.48. The van der Waals surface area contributed by atoms with E-state index in [2.05, 4.69) is 21.3 Å². The summed E-state index contributed by atoms with van der Waals surface area (Å²) in [5.41, 5.74) is 3.39. The number of nitrogens with one attached hydrogen (secondary N) is 2. The van der Waals surface area contributed by atoms with Crippen LogP contribution in [0.3, 0.4) is 0 Å². The van der Waals surface area contributed by atoms with Gasteiger partial charge in [0.15, 0.2) is 0 Å². The lowest BCUT2D eigenvalue weighted by Crippen LogP contribution is -2.31. The molecule has 0 bridgehead atoms. The second kappa shape index (κ2) is 7.98. The Morgan fingerprint density at radius 2 is 2.00 bits per heavy atom.